The van der Waals surface area contributed by atoms with E-state index in [0.717, 1.165) is 17.0 Å². The quantitative estimate of drug-likeness (QED) is 0.596. The normalized spacial score (nSPS) is 12.4. The molecule has 96 valence electrons. The molecule has 0 amide bonds. The highest BCUT2D eigenvalue weighted by atomic mass is 16.5. The van der Waals surface area contributed by atoms with Crippen molar-refractivity contribution in [3.05, 3.63) is 42.0 Å². The van der Waals surface area contributed by atoms with Crippen molar-refractivity contribution in [2.24, 2.45) is 12.9 Å². The Bertz CT molecular complexity index is 511. The molecule has 0 saturated carbocycles. The molecule has 0 bridgehead atoms. The van der Waals surface area contributed by atoms with E-state index in [2.05, 4.69) is 15.5 Å². The van der Waals surface area contributed by atoms with Crippen LogP contribution in [0.3, 0.4) is 0 Å². The third-order valence-corrected chi connectivity index (χ3v) is 2.80. The summed E-state index contributed by atoms with van der Waals surface area (Å²) in [7, 11) is 3.51. The van der Waals surface area contributed by atoms with Gasteiger partial charge in [-0.05, 0) is 12.1 Å². The lowest BCUT2D eigenvalue weighted by Crippen LogP contribution is -2.30. The molecule has 2 heterocycles. The van der Waals surface area contributed by atoms with Crippen molar-refractivity contribution in [1.29, 1.82) is 0 Å². The molecule has 0 aliphatic rings. The summed E-state index contributed by atoms with van der Waals surface area (Å²) in [4.78, 5) is 4.03. The minimum Gasteiger partial charge on any atom is -0.495 e. The standard InChI is InChI=1S/C12H17N5O/c1-17-6-4-9(16-17)7-11(15-13)10-3-5-14-8-12(10)18-2/h3-6,8,11,15H,7,13H2,1-2H3. The third kappa shape index (κ3) is 2.66. The fourth-order valence-corrected chi connectivity index (χ4v) is 1.89. The predicted octanol–water partition coefficient (Wildman–Crippen LogP) is 0.571. The molecule has 1 unspecified atom stereocenters. The second-order valence-electron chi connectivity index (χ2n) is 4.02. The van der Waals surface area contributed by atoms with Gasteiger partial charge in [0.2, 0.25) is 0 Å². The SMILES string of the molecule is COc1cnccc1C(Cc1ccn(C)n1)NN. The zero-order valence-electron chi connectivity index (χ0n) is 10.5. The molecule has 6 heteroatoms. The van der Waals surface area contributed by atoms with Crippen molar-refractivity contribution < 1.29 is 4.74 Å². The van der Waals surface area contributed by atoms with Gasteiger partial charge in [-0.2, -0.15) is 5.10 Å². The number of hydrogen-bond donors (Lipinski definition) is 2. The van der Waals surface area contributed by atoms with Crippen LogP contribution in [0.4, 0.5) is 0 Å². The lowest BCUT2D eigenvalue weighted by Gasteiger charge is -2.17. The van der Waals surface area contributed by atoms with E-state index in [0.29, 0.717) is 6.42 Å². The lowest BCUT2D eigenvalue weighted by atomic mass is 10.0. The molecule has 2 rings (SSSR count). The second kappa shape index (κ2) is 5.61. The first kappa shape index (κ1) is 12.5. The van der Waals surface area contributed by atoms with Crippen LogP contribution in [0, 0.1) is 0 Å². The zero-order valence-corrected chi connectivity index (χ0v) is 10.5. The van der Waals surface area contributed by atoms with Gasteiger partial charge in [0.05, 0.1) is 25.0 Å². The average Bonchev–Trinajstić information content (AvgIpc) is 2.81. The Hall–Kier alpha value is -1.92. The summed E-state index contributed by atoms with van der Waals surface area (Å²) >= 11 is 0. The van der Waals surface area contributed by atoms with Crippen LogP contribution in [0.2, 0.25) is 0 Å². The molecule has 2 aromatic rings. The van der Waals surface area contributed by atoms with Gasteiger partial charge in [-0.25, -0.2) is 0 Å². The molecule has 3 N–H and O–H groups in total. The summed E-state index contributed by atoms with van der Waals surface area (Å²) in [5.74, 6) is 6.34. The number of nitrogens with one attached hydrogen (secondary N) is 1. The summed E-state index contributed by atoms with van der Waals surface area (Å²) in [6.45, 7) is 0. The topological polar surface area (TPSA) is 78.0 Å². The Morgan fingerprint density at radius 1 is 1.50 bits per heavy atom. The number of rotatable bonds is 5. The predicted molar refractivity (Wildman–Crippen MR) is 67.8 cm³/mol. The molecule has 0 fully saturated rings. The van der Waals surface area contributed by atoms with Gasteiger partial charge in [0.15, 0.2) is 0 Å². The Balaban J connectivity index is 2.22. The van der Waals surface area contributed by atoms with Gasteiger partial charge < -0.3 is 4.74 Å². The number of nitrogens with two attached hydrogens (primary N) is 1. The maximum atomic E-state index is 5.62. The Kier molecular flexibility index (Phi) is 3.91. The van der Waals surface area contributed by atoms with Crippen LogP contribution in [0.5, 0.6) is 5.75 Å². The molecular weight excluding hydrogens is 230 g/mol. The molecular formula is C12H17N5O. The molecule has 0 spiro atoms. The smallest absolute Gasteiger partial charge is 0.141 e. The molecule has 0 aliphatic carbocycles. The van der Waals surface area contributed by atoms with E-state index in [4.69, 9.17) is 10.6 Å². The van der Waals surface area contributed by atoms with Crippen LogP contribution in [0.1, 0.15) is 17.3 Å². The number of aromatic nitrogens is 3. The molecule has 18 heavy (non-hydrogen) atoms. The van der Waals surface area contributed by atoms with Crippen molar-refractivity contribution in [3.63, 3.8) is 0 Å². The molecule has 0 aromatic carbocycles. The molecule has 0 saturated heterocycles. The monoisotopic (exact) mass is 247 g/mol. The van der Waals surface area contributed by atoms with Crippen molar-refractivity contribution in [3.8, 4) is 5.75 Å². The summed E-state index contributed by atoms with van der Waals surface area (Å²) in [5, 5.41) is 4.34. The highest BCUT2D eigenvalue weighted by molar-refractivity contribution is 5.33. The Labute approximate surface area is 106 Å². The van der Waals surface area contributed by atoms with Gasteiger partial charge in [-0.15, -0.1) is 0 Å². The van der Waals surface area contributed by atoms with Crippen molar-refractivity contribution >= 4 is 0 Å². The van der Waals surface area contributed by atoms with Gasteiger partial charge in [-0.1, -0.05) is 0 Å². The number of aryl methyl sites for hydroxylation is 1. The fourth-order valence-electron chi connectivity index (χ4n) is 1.89. The van der Waals surface area contributed by atoms with Crippen LogP contribution < -0.4 is 16.0 Å². The van der Waals surface area contributed by atoms with E-state index in [9.17, 15) is 0 Å². The van der Waals surface area contributed by atoms with Crippen molar-refractivity contribution in [1.82, 2.24) is 20.2 Å². The maximum absolute atomic E-state index is 5.62. The fraction of sp³-hybridized carbons (Fsp3) is 0.333. The zero-order chi connectivity index (χ0) is 13.0. The van der Waals surface area contributed by atoms with E-state index >= 15 is 0 Å². The largest absolute Gasteiger partial charge is 0.495 e. The second-order valence-corrected chi connectivity index (χ2v) is 4.02. The minimum absolute atomic E-state index is 0.0575. The van der Waals surface area contributed by atoms with Crippen LogP contribution in [-0.2, 0) is 13.5 Å². The molecule has 1 atom stereocenters. The van der Waals surface area contributed by atoms with E-state index in [1.165, 1.54) is 0 Å². The highest BCUT2D eigenvalue weighted by Gasteiger charge is 2.16. The Morgan fingerprint density at radius 3 is 2.94 bits per heavy atom. The first-order chi connectivity index (χ1) is 8.74. The average molecular weight is 247 g/mol. The highest BCUT2D eigenvalue weighted by Crippen LogP contribution is 2.25. The summed E-state index contributed by atoms with van der Waals surface area (Å²) in [6, 6.07) is 3.81. The number of pyridine rings is 1. The molecule has 0 radical (unpaired) electrons. The van der Waals surface area contributed by atoms with Gasteiger partial charge in [0.1, 0.15) is 5.75 Å². The van der Waals surface area contributed by atoms with Crippen molar-refractivity contribution in [2.45, 2.75) is 12.5 Å². The summed E-state index contributed by atoms with van der Waals surface area (Å²) < 4.78 is 7.06. The van der Waals surface area contributed by atoms with Gasteiger partial charge in [-0.3, -0.25) is 20.9 Å². The molecule has 0 aliphatic heterocycles. The molecule has 2 aromatic heterocycles. The number of ether oxygens (including phenoxy) is 1. The third-order valence-electron chi connectivity index (χ3n) is 2.80. The van der Waals surface area contributed by atoms with Crippen LogP contribution in [-0.4, -0.2) is 21.9 Å². The van der Waals surface area contributed by atoms with Crippen LogP contribution in [0.15, 0.2) is 30.7 Å². The lowest BCUT2D eigenvalue weighted by molar-refractivity contribution is 0.396. The van der Waals surface area contributed by atoms with Gasteiger partial charge in [0, 0.05) is 31.4 Å². The van der Waals surface area contributed by atoms with E-state index in [1.807, 2.05) is 25.4 Å². The van der Waals surface area contributed by atoms with E-state index in [-0.39, 0.29) is 6.04 Å². The number of methoxy groups -OCH3 is 1. The van der Waals surface area contributed by atoms with Crippen molar-refractivity contribution in [2.75, 3.05) is 7.11 Å². The Morgan fingerprint density at radius 2 is 2.33 bits per heavy atom. The number of hydrogen-bond acceptors (Lipinski definition) is 5. The van der Waals surface area contributed by atoms with E-state index < -0.39 is 0 Å². The number of nitrogens with zero attached hydrogens (tertiary/aromatic N) is 3. The molecule has 6 nitrogen and oxygen atoms in total. The maximum Gasteiger partial charge on any atom is 0.141 e. The van der Waals surface area contributed by atoms with Gasteiger partial charge in [0.25, 0.3) is 0 Å². The summed E-state index contributed by atoms with van der Waals surface area (Å²) in [6.07, 6.45) is 6.00. The van der Waals surface area contributed by atoms with Crippen LogP contribution >= 0.6 is 0 Å². The van der Waals surface area contributed by atoms with Crippen LogP contribution in [0.25, 0.3) is 0 Å². The summed E-state index contributed by atoms with van der Waals surface area (Å²) in [5.41, 5.74) is 4.74. The first-order valence-corrected chi connectivity index (χ1v) is 5.67. The minimum atomic E-state index is -0.0575. The van der Waals surface area contributed by atoms with E-state index in [1.54, 1.807) is 24.2 Å². The first-order valence-electron chi connectivity index (χ1n) is 5.67. The van der Waals surface area contributed by atoms with Gasteiger partial charge >= 0.3 is 0 Å². The number of hydrazine groups is 1.